The molecule has 3 heteroatoms. The highest BCUT2D eigenvalue weighted by atomic mass is 16.5. The summed E-state index contributed by atoms with van der Waals surface area (Å²) in [6, 6.07) is 0. The van der Waals surface area contributed by atoms with E-state index >= 15 is 0 Å². The van der Waals surface area contributed by atoms with Crippen molar-refractivity contribution in [2.75, 3.05) is 0 Å². The Hall–Kier alpha value is -0.830. The Morgan fingerprint density at radius 2 is 2.06 bits per heavy atom. The first-order valence-electron chi connectivity index (χ1n) is 6.48. The lowest BCUT2D eigenvalue weighted by Crippen LogP contribution is -2.35. The maximum atomic E-state index is 5.46. The van der Waals surface area contributed by atoms with E-state index in [9.17, 15) is 0 Å². The number of nitrogens with one attached hydrogen (secondary N) is 1. The van der Waals surface area contributed by atoms with Crippen molar-refractivity contribution in [3.8, 4) is 0 Å². The second-order valence-corrected chi connectivity index (χ2v) is 6.98. The lowest BCUT2D eigenvalue weighted by Gasteiger charge is -2.28. The second kappa shape index (κ2) is 4.13. The molecule has 0 atom stereocenters. The van der Waals surface area contributed by atoms with Crippen LogP contribution in [0.4, 0.5) is 0 Å². The minimum atomic E-state index is 0.121. The maximum Gasteiger partial charge on any atom is 0.140 e. The van der Waals surface area contributed by atoms with E-state index in [-0.39, 0.29) is 5.54 Å². The number of nitrogens with zero attached hydrogens (tertiary/aromatic N) is 1. The zero-order valence-electron chi connectivity index (χ0n) is 11.7. The predicted octanol–water partition coefficient (Wildman–Crippen LogP) is 3.08. The first-order valence-corrected chi connectivity index (χ1v) is 6.48. The molecule has 1 aromatic heterocycles. The number of rotatable bonds is 2. The summed E-state index contributed by atoms with van der Waals surface area (Å²) in [5, 5.41) is 7.71. The van der Waals surface area contributed by atoms with Gasteiger partial charge in [-0.1, -0.05) is 19.0 Å². The SMILES string of the molecule is CC1(C)CCc2onc(CNC(C)(C)C)c2C1. The monoisotopic (exact) mass is 236 g/mol. The fourth-order valence-corrected chi connectivity index (χ4v) is 2.29. The number of aryl methyl sites for hydroxylation is 1. The second-order valence-electron chi connectivity index (χ2n) is 6.98. The fourth-order valence-electron chi connectivity index (χ4n) is 2.29. The summed E-state index contributed by atoms with van der Waals surface area (Å²) in [5.41, 5.74) is 2.95. The van der Waals surface area contributed by atoms with Crippen LogP contribution >= 0.6 is 0 Å². The zero-order valence-corrected chi connectivity index (χ0v) is 11.7. The Morgan fingerprint density at radius 1 is 1.35 bits per heavy atom. The van der Waals surface area contributed by atoms with Gasteiger partial charge in [0.15, 0.2) is 0 Å². The average molecular weight is 236 g/mol. The molecule has 0 saturated carbocycles. The van der Waals surface area contributed by atoms with Crippen molar-refractivity contribution in [2.24, 2.45) is 5.41 Å². The third kappa shape index (κ3) is 3.09. The minimum absolute atomic E-state index is 0.121. The molecule has 1 heterocycles. The molecule has 1 N–H and O–H groups in total. The normalized spacial score (nSPS) is 19.1. The Balaban J connectivity index is 2.13. The molecule has 0 aromatic carbocycles. The van der Waals surface area contributed by atoms with Crippen LogP contribution in [0.15, 0.2) is 4.52 Å². The number of aromatic nitrogens is 1. The Morgan fingerprint density at radius 3 is 2.71 bits per heavy atom. The zero-order chi connectivity index (χ0) is 12.7. The van der Waals surface area contributed by atoms with Gasteiger partial charge in [-0.2, -0.15) is 0 Å². The van der Waals surface area contributed by atoms with Crippen LogP contribution in [0.1, 0.15) is 58.1 Å². The summed E-state index contributed by atoms with van der Waals surface area (Å²) < 4.78 is 5.46. The van der Waals surface area contributed by atoms with Crippen LogP contribution in [0.3, 0.4) is 0 Å². The minimum Gasteiger partial charge on any atom is -0.361 e. The average Bonchev–Trinajstić information content (AvgIpc) is 2.54. The molecule has 3 nitrogen and oxygen atoms in total. The first-order chi connectivity index (χ1) is 7.77. The molecule has 0 fully saturated rings. The Labute approximate surface area is 104 Å². The van der Waals surface area contributed by atoms with Gasteiger partial charge in [-0.3, -0.25) is 0 Å². The molecular formula is C14H24N2O. The first kappa shape index (κ1) is 12.6. The lowest BCUT2D eigenvalue weighted by atomic mass is 9.76. The van der Waals surface area contributed by atoms with E-state index in [0.29, 0.717) is 5.41 Å². The highest BCUT2D eigenvalue weighted by molar-refractivity contribution is 5.27. The molecule has 0 bridgehead atoms. The van der Waals surface area contributed by atoms with E-state index in [1.165, 1.54) is 12.0 Å². The molecule has 0 unspecified atom stereocenters. The van der Waals surface area contributed by atoms with Crippen molar-refractivity contribution in [1.82, 2.24) is 10.5 Å². The van der Waals surface area contributed by atoms with Gasteiger partial charge >= 0.3 is 0 Å². The van der Waals surface area contributed by atoms with Crippen LogP contribution in [0.25, 0.3) is 0 Å². The molecule has 0 saturated heterocycles. The Bertz CT molecular complexity index is 399. The largest absolute Gasteiger partial charge is 0.361 e. The quantitative estimate of drug-likeness (QED) is 0.857. The van der Waals surface area contributed by atoms with Gasteiger partial charge in [0.25, 0.3) is 0 Å². The van der Waals surface area contributed by atoms with Gasteiger partial charge in [0.1, 0.15) is 11.5 Å². The third-order valence-electron chi connectivity index (χ3n) is 3.42. The van der Waals surface area contributed by atoms with Crippen LogP contribution in [0.2, 0.25) is 0 Å². The standard InChI is InChI=1S/C14H24N2O/c1-13(2,3)15-9-11-10-8-14(4,5)7-6-12(10)17-16-11/h15H,6-9H2,1-5H3. The number of hydrogen-bond acceptors (Lipinski definition) is 3. The molecule has 1 aliphatic rings. The van der Waals surface area contributed by atoms with E-state index in [0.717, 1.165) is 30.8 Å². The fraction of sp³-hybridized carbons (Fsp3) is 0.786. The Kier molecular flexibility index (Phi) is 3.06. The highest BCUT2D eigenvalue weighted by Crippen LogP contribution is 2.36. The van der Waals surface area contributed by atoms with Gasteiger partial charge < -0.3 is 9.84 Å². The van der Waals surface area contributed by atoms with Crippen LogP contribution in [-0.2, 0) is 19.4 Å². The van der Waals surface area contributed by atoms with Gasteiger partial charge in [0.05, 0.1) is 0 Å². The van der Waals surface area contributed by atoms with E-state index in [2.05, 4.69) is 45.1 Å². The van der Waals surface area contributed by atoms with E-state index in [1.807, 2.05) is 0 Å². The molecule has 0 amide bonds. The molecule has 1 aromatic rings. The van der Waals surface area contributed by atoms with Crippen LogP contribution in [0.5, 0.6) is 0 Å². The summed E-state index contributed by atoms with van der Waals surface area (Å²) in [6.07, 6.45) is 3.32. The van der Waals surface area contributed by atoms with E-state index in [4.69, 9.17) is 4.52 Å². The van der Waals surface area contributed by atoms with Gasteiger partial charge in [0.2, 0.25) is 0 Å². The number of fused-ring (bicyclic) bond motifs is 1. The summed E-state index contributed by atoms with van der Waals surface area (Å²) in [4.78, 5) is 0. The molecule has 96 valence electrons. The van der Waals surface area contributed by atoms with Crippen LogP contribution in [-0.4, -0.2) is 10.7 Å². The van der Waals surface area contributed by atoms with Gasteiger partial charge in [-0.15, -0.1) is 0 Å². The summed E-state index contributed by atoms with van der Waals surface area (Å²) in [7, 11) is 0. The molecular weight excluding hydrogens is 212 g/mol. The van der Waals surface area contributed by atoms with Gasteiger partial charge in [0, 0.05) is 24.1 Å². The molecule has 0 spiro atoms. The van der Waals surface area contributed by atoms with Crippen molar-refractivity contribution in [1.29, 1.82) is 0 Å². The van der Waals surface area contributed by atoms with Crippen molar-refractivity contribution in [3.05, 3.63) is 17.0 Å². The third-order valence-corrected chi connectivity index (χ3v) is 3.42. The van der Waals surface area contributed by atoms with Crippen LogP contribution < -0.4 is 5.32 Å². The van der Waals surface area contributed by atoms with Gasteiger partial charge in [-0.05, 0) is 39.0 Å². The summed E-state index contributed by atoms with van der Waals surface area (Å²) >= 11 is 0. The van der Waals surface area contributed by atoms with Gasteiger partial charge in [-0.25, -0.2) is 0 Å². The molecule has 0 radical (unpaired) electrons. The topological polar surface area (TPSA) is 38.1 Å². The van der Waals surface area contributed by atoms with Crippen molar-refractivity contribution in [3.63, 3.8) is 0 Å². The highest BCUT2D eigenvalue weighted by Gasteiger charge is 2.30. The lowest BCUT2D eigenvalue weighted by molar-refractivity contribution is 0.282. The number of hydrogen-bond donors (Lipinski definition) is 1. The van der Waals surface area contributed by atoms with Crippen molar-refractivity contribution in [2.45, 2.75) is 66.0 Å². The smallest absolute Gasteiger partial charge is 0.140 e. The van der Waals surface area contributed by atoms with Crippen LogP contribution in [0, 0.1) is 5.41 Å². The molecule has 1 aliphatic carbocycles. The molecule has 17 heavy (non-hydrogen) atoms. The summed E-state index contributed by atoms with van der Waals surface area (Å²) in [6.45, 7) is 12.0. The maximum absolute atomic E-state index is 5.46. The molecule has 0 aliphatic heterocycles. The van der Waals surface area contributed by atoms with Crippen molar-refractivity contribution >= 4 is 0 Å². The van der Waals surface area contributed by atoms with Crippen molar-refractivity contribution < 1.29 is 4.52 Å². The molecule has 2 rings (SSSR count). The predicted molar refractivity (Wildman–Crippen MR) is 68.9 cm³/mol. The summed E-state index contributed by atoms with van der Waals surface area (Å²) in [5.74, 6) is 1.11. The van der Waals surface area contributed by atoms with E-state index < -0.39 is 0 Å². The van der Waals surface area contributed by atoms with E-state index in [1.54, 1.807) is 0 Å².